The van der Waals surface area contributed by atoms with Gasteiger partial charge < -0.3 is 0 Å². The van der Waals surface area contributed by atoms with E-state index >= 15 is 0 Å². The van der Waals surface area contributed by atoms with Crippen LogP contribution in [0.3, 0.4) is 0 Å². The molecule has 8 rings (SSSR count). The molecular formula is C38H28Si2. The van der Waals surface area contributed by atoms with Gasteiger partial charge in [-0.2, -0.15) is 0 Å². The lowest BCUT2D eigenvalue weighted by Crippen LogP contribution is -2.68. The Hall–Kier alpha value is -4.51. The predicted molar refractivity (Wildman–Crippen MR) is 175 cm³/mol. The molecular weight excluding hydrogens is 513 g/mol. The van der Waals surface area contributed by atoms with Gasteiger partial charge in [-0.15, -0.1) is 0 Å². The van der Waals surface area contributed by atoms with Crippen LogP contribution >= 0.6 is 0 Å². The van der Waals surface area contributed by atoms with Gasteiger partial charge in [0.15, 0.2) is 16.1 Å². The molecule has 0 aromatic heterocycles. The third-order valence-corrected chi connectivity index (χ3v) is 19.1. The average molecular weight is 541 g/mol. The largest absolute Gasteiger partial charge is 0.180 e. The van der Waals surface area contributed by atoms with Gasteiger partial charge >= 0.3 is 0 Å². The van der Waals surface area contributed by atoms with E-state index in [0.717, 1.165) is 0 Å². The molecule has 0 spiro atoms. The van der Waals surface area contributed by atoms with E-state index in [-0.39, 0.29) is 0 Å². The summed E-state index contributed by atoms with van der Waals surface area (Å²) in [5.41, 5.74) is 2.90. The fourth-order valence-electron chi connectivity index (χ4n) is 7.66. The SMILES string of the molecule is c1ccc([Si]2(c3ccccc3)C3=C(c4ccccc42)[Si](c2ccccc2)(c2ccccc2)c2ccccc23)cc1. The molecule has 0 unspecified atom stereocenters. The van der Waals surface area contributed by atoms with E-state index in [1.807, 2.05) is 0 Å². The van der Waals surface area contributed by atoms with Crippen LogP contribution in [0.15, 0.2) is 170 Å². The lowest BCUT2D eigenvalue weighted by Gasteiger charge is -2.35. The Kier molecular flexibility index (Phi) is 5.27. The minimum Gasteiger partial charge on any atom is -0.0623 e. The van der Waals surface area contributed by atoms with Gasteiger partial charge in [-0.05, 0) is 52.6 Å². The molecule has 0 radical (unpaired) electrons. The molecule has 2 aliphatic heterocycles. The van der Waals surface area contributed by atoms with E-state index in [1.165, 1.54) is 42.2 Å². The number of fused-ring (bicyclic) bond motifs is 4. The third-order valence-electron chi connectivity index (χ3n) is 9.03. The zero-order chi connectivity index (χ0) is 26.6. The van der Waals surface area contributed by atoms with E-state index in [2.05, 4.69) is 170 Å². The van der Waals surface area contributed by atoms with Gasteiger partial charge in [-0.1, -0.05) is 170 Å². The molecule has 0 N–H and O–H groups in total. The van der Waals surface area contributed by atoms with Gasteiger partial charge in [0.2, 0.25) is 0 Å². The molecule has 2 heteroatoms. The van der Waals surface area contributed by atoms with Crippen LogP contribution in [-0.4, -0.2) is 16.1 Å². The van der Waals surface area contributed by atoms with Crippen LogP contribution in [0.4, 0.5) is 0 Å². The first kappa shape index (κ1) is 23.4. The second-order valence-corrected chi connectivity index (χ2v) is 18.2. The predicted octanol–water partition coefficient (Wildman–Crippen LogP) is 4.64. The first-order valence-corrected chi connectivity index (χ1v) is 18.0. The van der Waals surface area contributed by atoms with Crippen LogP contribution in [0.5, 0.6) is 0 Å². The van der Waals surface area contributed by atoms with Crippen molar-refractivity contribution in [3.05, 3.63) is 181 Å². The molecule has 0 nitrogen and oxygen atoms in total. The summed E-state index contributed by atoms with van der Waals surface area (Å²) in [6, 6.07) is 64.3. The quantitative estimate of drug-likeness (QED) is 0.286. The van der Waals surface area contributed by atoms with E-state index < -0.39 is 16.1 Å². The van der Waals surface area contributed by atoms with E-state index in [9.17, 15) is 0 Å². The van der Waals surface area contributed by atoms with Gasteiger partial charge in [0.1, 0.15) is 0 Å². The van der Waals surface area contributed by atoms with Crippen molar-refractivity contribution in [3.8, 4) is 0 Å². The normalized spacial score (nSPS) is 15.8. The average Bonchev–Trinajstić information content (AvgIpc) is 3.53. The van der Waals surface area contributed by atoms with Crippen molar-refractivity contribution >= 4 is 57.7 Å². The molecule has 40 heavy (non-hydrogen) atoms. The van der Waals surface area contributed by atoms with E-state index in [0.29, 0.717) is 0 Å². The summed E-state index contributed by atoms with van der Waals surface area (Å²) in [4.78, 5) is 0. The van der Waals surface area contributed by atoms with Crippen molar-refractivity contribution in [2.24, 2.45) is 0 Å². The highest BCUT2D eigenvalue weighted by atomic mass is 28.3. The second kappa shape index (κ2) is 9.02. The highest BCUT2D eigenvalue weighted by Gasteiger charge is 2.61. The Morgan fingerprint density at radius 3 is 0.800 bits per heavy atom. The summed E-state index contributed by atoms with van der Waals surface area (Å²) in [6.45, 7) is 0. The number of benzene rings is 6. The molecule has 2 aliphatic rings. The molecule has 188 valence electrons. The van der Waals surface area contributed by atoms with Crippen molar-refractivity contribution in [2.75, 3.05) is 0 Å². The maximum Gasteiger partial charge on any atom is 0.180 e. The second-order valence-electron chi connectivity index (χ2n) is 10.8. The Morgan fingerprint density at radius 1 is 0.250 bits per heavy atom. The highest BCUT2D eigenvalue weighted by Crippen LogP contribution is 2.48. The summed E-state index contributed by atoms with van der Waals surface area (Å²) in [6.07, 6.45) is 0. The minimum atomic E-state index is -2.63. The van der Waals surface area contributed by atoms with Crippen LogP contribution in [-0.2, 0) is 0 Å². The molecule has 6 aromatic carbocycles. The number of hydrogen-bond donors (Lipinski definition) is 0. The monoisotopic (exact) mass is 540 g/mol. The highest BCUT2D eigenvalue weighted by molar-refractivity contribution is 7.35. The summed E-state index contributed by atoms with van der Waals surface area (Å²) in [5, 5.41) is 12.1. The minimum absolute atomic E-state index is 1.45. The van der Waals surface area contributed by atoms with Crippen LogP contribution in [0.25, 0.3) is 10.4 Å². The van der Waals surface area contributed by atoms with Crippen molar-refractivity contribution in [1.29, 1.82) is 0 Å². The lowest BCUT2D eigenvalue weighted by atomic mass is 10.1. The van der Waals surface area contributed by atoms with Gasteiger partial charge in [-0.25, -0.2) is 0 Å². The molecule has 6 aromatic rings. The third kappa shape index (κ3) is 2.95. The standard InChI is InChI=1S/C38H28Si2/c1-5-17-29(18-6-1)39(30-19-7-2-8-20-30)35-27-15-13-25-33(35)38-37(39)34-26-14-16-28-36(34)40(38,31-21-9-3-10-22-31)32-23-11-4-12-24-32/h1-28H. The van der Waals surface area contributed by atoms with Crippen LogP contribution in [0.1, 0.15) is 11.1 Å². The number of rotatable bonds is 4. The molecule has 0 saturated carbocycles. The van der Waals surface area contributed by atoms with Crippen molar-refractivity contribution in [1.82, 2.24) is 0 Å². The zero-order valence-corrected chi connectivity index (χ0v) is 24.2. The molecule has 0 amide bonds. The fraction of sp³-hybridized carbons (Fsp3) is 0. The summed E-state index contributed by atoms with van der Waals surface area (Å²) >= 11 is 0. The Balaban J connectivity index is 1.64. The topological polar surface area (TPSA) is 0 Å². The van der Waals surface area contributed by atoms with Crippen molar-refractivity contribution < 1.29 is 0 Å². The van der Waals surface area contributed by atoms with Gasteiger partial charge in [-0.3, -0.25) is 0 Å². The molecule has 0 atom stereocenters. The van der Waals surface area contributed by atoms with E-state index in [4.69, 9.17) is 0 Å². The van der Waals surface area contributed by atoms with Gasteiger partial charge in [0.05, 0.1) is 0 Å². The maximum atomic E-state index is 2.44. The Bertz CT molecular complexity index is 1660. The molecule has 0 bridgehead atoms. The van der Waals surface area contributed by atoms with Gasteiger partial charge in [0.25, 0.3) is 0 Å². The molecule has 0 fully saturated rings. The molecule has 2 heterocycles. The summed E-state index contributed by atoms with van der Waals surface area (Å²) in [5.74, 6) is 0. The smallest absolute Gasteiger partial charge is 0.0623 e. The van der Waals surface area contributed by atoms with Crippen LogP contribution in [0.2, 0.25) is 0 Å². The van der Waals surface area contributed by atoms with Crippen molar-refractivity contribution in [2.45, 2.75) is 0 Å². The van der Waals surface area contributed by atoms with Crippen LogP contribution in [0, 0.1) is 0 Å². The fourth-order valence-corrected chi connectivity index (χ4v) is 19.6. The first-order chi connectivity index (χ1) is 19.9. The first-order valence-electron chi connectivity index (χ1n) is 14.0. The Morgan fingerprint density at radius 2 is 0.500 bits per heavy atom. The molecule has 0 aliphatic carbocycles. The van der Waals surface area contributed by atoms with Crippen molar-refractivity contribution in [3.63, 3.8) is 0 Å². The van der Waals surface area contributed by atoms with E-state index in [1.54, 1.807) is 10.4 Å². The number of hydrogen-bond acceptors (Lipinski definition) is 0. The van der Waals surface area contributed by atoms with Crippen LogP contribution < -0.4 is 31.1 Å². The summed E-state index contributed by atoms with van der Waals surface area (Å²) < 4.78 is 0. The Labute approximate surface area is 238 Å². The maximum absolute atomic E-state index is 2.63. The lowest BCUT2D eigenvalue weighted by molar-refractivity contribution is 1.65. The zero-order valence-electron chi connectivity index (χ0n) is 22.2. The summed E-state index contributed by atoms with van der Waals surface area (Å²) in [7, 11) is -5.25. The van der Waals surface area contributed by atoms with Gasteiger partial charge in [0, 0.05) is 0 Å². The molecule has 0 saturated heterocycles.